The predicted molar refractivity (Wildman–Crippen MR) is 78.6 cm³/mol. The molecule has 1 aromatic heterocycles. The van der Waals surface area contributed by atoms with Crippen molar-refractivity contribution in [2.45, 2.75) is 12.3 Å². The number of thiophene rings is 1. The van der Waals surface area contributed by atoms with Crippen LogP contribution in [0.5, 0.6) is 0 Å². The molecule has 4 heteroatoms. The first-order valence-electron chi connectivity index (χ1n) is 4.73. The molecule has 0 nitrogen and oxygen atoms in total. The molecule has 0 fully saturated rings. The van der Waals surface area contributed by atoms with E-state index in [9.17, 15) is 0 Å². The van der Waals surface area contributed by atoms with Crippen LogP contribution in [-0.2, 0) is 0 Å². The number of alkyl halides is 1. The van der Waals surface area contributed by atoms with Crippen LogP contribution in [0, 0.1) is 6.92 Å². The Morgan fingerprint density at radius 3 is 2.56 bits per heavy atom. The van der Waals surface area contributed by atoms with Gasteiger partial charge in [0.1, 0.15) is 0 Å². The van der Waals surface area contributed by atoms with Crippen molar-refractivity contribution in [1.82, 2.24) is 0 Å². The van der Waals surface area contributed by atoms with Crippen LogP contribution in [0.2, 0.25) is 0 Å². The summed E-state index contributed by atoms with van der Waals surface area (Å²) in [6.45, 7) is 2.08. The molecule has 0 saturated heterocycles. The third kappa shape index (κ3) is 2.70. The highest BCUT2D eigenvalue weighted by atomic mass is 79.9. The quantitative estimate of drug-likeness (QED) is 0.568. The molecule has 0 amide bonds. The van der Waals surface area contributed by atoms with E-state index in [1.165, 1.54) is 10.4 Å². The Bertz CT molecular complexity index is 488. The van der Waals surface area contributed by atoms with Crippen molar-refractivity contribution in [2.75, 3.05) is 0 Å². The minimum atomic E-state index is -0.0764. The molecule has 0 bridgehead atoms. The maximum Gasteiger partial charge on any atom is 0.0928 e. The number of hydrogen-bond donors (Lipinski definition) is 0. The molecule has 1 atom stereocenters. The Balaban J connectivity index is 2.35. The van der Waals surface area contributed by atoms with Crippen LogP contribution >= 0.6 is 54.8 Å². The van der Waals surface area contributed by atoms with Gasteiger partial charge in [0.05, 0.1) is 9.16 Å². The Morgan fingerprint density at radius 1 is 1.25 bits per heavy atom. The molecule has 1 aromatic carbocycles. The summed E-state index contributed by atoms with van der Waals surface area (Å²) in [5.41, 5.74) is 2.35. The smallest absolute Gasteiger partial charge is 0.0928 e. The Labute approximate surface area is 121 Å². The SMILES string of the molecule is Cc1cc(C(Cl)c2cccc(Br)c2)sc1Br. The third-order valence-corrected chi connectivity index (χ3v) is 5.58. The lowest BCUT2D eigenvalue weighted by molar-refractivity contribution is 1.18. The van der Waals surface area contributed by atoms with Gasteiger partial charge in [0.2, 0.25) is 0 Å². The fourth-order valence-corrected chi connectivity index (χ4v) is 3.76. The van der Waals surface area contributed by atoms with E-state index >= 15 is 0 Å². The highest BCUT2D eigenvalue weighted by Crippen LogP contribution is 2.38. The second kappa shape index (κ2) is 5.21. The van der Waals surface area contributed by atoms with Gasteiger partial charge in [0, 0.05) is 9.35 Å². The summed E-state index contributed by atoms with van der Waals surface area (Å²) < 4.78 is 2.21. The maximum absolute atomic E-state index is 6.46. The fourth-order valence-electron chi connectivity index (χ4n) is 1.44. The van der Waals surface area contributed by atoms with Crippen molar-refractivity contribution >= 4 is 54.8 Å². The first-order chi connectivity index (χ1) is 7.58. The zero-order valence-corrected chi connectivity index (χ0v) is 13.3. The molecule has 0 aliphatic heterocycles. The normalized spacial score (nSPS) is 12.8. The van der Waals surface area contributed by atoms with E-state index in [0.717, 1.165) is 13.8 Å². The van der Waals surface area contributed by atoms with Gasteiger partial charge in [-0.2, -0.15) is 0 Å². The van der Waals surface area contributed by atoms with Crippen LogP contribution in [0.3, 0.4) is 0 Å². The van der Waals surface area contributed by atoms with Crippen molar-refractivity contribution in [1.29, 1.82) is 0 Å². The molecule has 0 aliphatic rings. The van der Waals surface area contributed by atoms with Gasteiger partial charge in [-0.3, -0.25) is 0 Å². The summed E-state index contributed by atoms with van der Waals surface area (Å²) in [7, 11) is 0. The van der Waals surface area contributed by atoms with E-state index < -0.39 is 0 Å². The maximum atomic E-state index is 6.46. The topological polar surface area (TPSA) is 0 Å². The van der Waals surface area contributed by atoms with Gasteiger partial charge in [-0.15, -0.1) is 22.9 Å². The molecule has 0 aliphatic carbocycles. The third-order valence-electron chi connectivity index (χ3n) is 2.27. The largest absolute Gasteiger partial charge is 0.131 e. The summed E-state index contributed by atoms with van der Waals surface area (Å²) in [4.78, 5) is 1.17. The summed E-state index contributed by atoms with van der Waals surface area (Å²) in [5, 5.41) is -0.0764. The van der Waals surface area contributed by atoms with Crippen LogP contribution < -0.4 is 0 Å². The van der Waals surface area contributed by atoms with E-state index in [0.29, 0.717) is 0 Å². The molecular formula is C12H9Br2ClS. The van der Waals surface area contributed by atoms with E-state index in [-0.39, 0.29) is 5.38 Å². The average Bonchev–Trinajstić information content (AvgIpc) is 2.58. The van der Waals surface area contributed by atoms with Crippen molar-refractivity contribution < 1.29 is 0 Å². The molecule has 0 N–H and O–H groups in total. The van der Waals surface area contributed by atoms with Crippen LogP contribution in [0.15, 0.2) is 38.6 Å². The highest BCUT2D eigenvalue weighted by Gasteiger charge is 2.14. The zero-order chi connectivity index (χ0) is 11.7. The summed E-state index contributed by atoms with van der Waals surface area (Å²) in [5.74, 6) is 0. The lowest BCUT2D eigenvalue weighted by atomic mass is 10.1. The second-order valence-corrected chi connectivity index (χ2v) is 7.28. The lowest BCUT2D eigenvalue weighted by Gasteiger charge is -2.07. The van der Waals surface area contributed by atoms with Crippen LogP contribution in [0.25, 0.3) is 0 Å². The number of aryl methyl sites for hydroxylation is 1. The molecule has 16 heavy (non-hydrogen) atoms. The van der Waals surface area contributed by atoms with Crippen LogP contribution in [0.1, 0.15) is 21.4 Å². The van der Waals surface area contributed by atoms with Crippen LogP contribution in [-0.4, -0.2) is 0 Å². The van der Waals surface area contributed by atoms with Crippen molar-refractivity contribution in [3.8, 4) is 0 Å². The van der Waals surface area contributed by atoms with Gasteiger partial charge in [0.15, 0.2) is 0 Å². The average molecular weight is 381 g/mol. The van der Waals surface area contributed by atoms with Crippen molar-refractivity contribution in [3.63, 3.8) is 0 Å². The molecule has 0 radical (unpaired) electrons. The van der Waals surface area contributed by atoms with Gasteiger partial charge < -0.3 is 0 Å². The summed E-state index contributed by atoms with van der Waals surface area (Å²) >= 11 is 15.1. The predicted octanol–water partition coefficient (Wildman–Crippen LogP) is 5.91. The fraction of sp³-hybridized carbons (Fsp3) is 0.167. The standard InChI is InChI=1S/C12H9Br2ClS/c1-7-5-10(16-12(7)14)11(15)8-3-2-4-9(13)6-8/h2-6,11H,1H3. The second-order valence-electron chi connectivity index (χ2n) is 3.52. The van der Waals surface area contributed by atoms with Crippen LogP contribution in [0.4, 0.5) is 0 Å². The van der Waals surface area contributed by atoms with Crippen molar-refractivity contribution in [2.24, 2.45) is 0 Å². The first kappa shape index (κ1) is 12.6. The van der Waals surface area contributed by atoms with E-state index in [4.69, 9.17) is 11.6 Å². The monoisotopic (exact) mass is 378 g/mol. The Hall–Kier alpha value is 0.170. The molecule has 1 heterocycles. The molecule has 2 rings (SSSR count). The van der Waals surface area contributed by atoms with E-state index in [1.54, 1.807) is 11.3 Å². The van der Waals surface area contributed by atoms with Gasteiger partial charge in [-0.1, -0.05) is 28.1 Å². The molecule has 84 valence electrons. The van der Waals surface area contributed by atoms with Crippen molar-refractivity contribution in [3.05, 3.63) is 54.6 Å². The molecule has 0 spiro atoms. The minimum absolute atomic E-state index is 0.0764. The zero-order valence-electron chi connectivity index (χ0n) is 8.51. The number of hydrogen-bond acceptors (Lipinski definition) is 1. The van der Waals surface area contributed by atoms with Gasteiger partial charge in [-0.25, -0.2) is 0 Å². The summed E-state index contributed by atoms with van der Waals surface area (Å²) in [6.07, 6.45) is 0. The van der Waals surface area contributed by atoms with E-state index in [2.05, 4.69) is 50.9 Å². The number of halogens is 3. The Morgan fingerprint density at radius 2 is 2.00 bits per heavy atom. The number of benzene rings is 1. The lowest BCUT2D eigenvalue weighted by Crippen LogP contribution is -1.89. The molecular weight excluding hydrogens is 371 g/mol. The first-order valence-corrected chi connectivity index (χ1v) is 7.57. The van der Waals surface area contributed by atoms with Gasteiger partial charge in [-0.05, 0) is 52.2 Å². The van der Waals surface area contributed by atoms with Gasteiger partial charge >= 0.3 is 0 Å². The molecule has 0 saturated carbocycles. The molecule has 1 unspecified atom stereocenters. The van der Waals surface area contributed by atoms with Gasteiger partial charge in [0.25, 0.3) is 0 Å². The minimum Gasteiger partial charge on any atom is -0.131 e. The number of rotatable bonds is 2. The highest BCUT2D eigenvalue weighted by molar-refractivity contribution is 9.11. The van der Waals surface area contributed by atoms with E-state index in [1.807, 2.05) is 18.2 Å². The Kier molecular flexibility index (Phi) is 4.11. The molecule has 2 aromatic rings. The summed E-state index contributed by atoms with van der Waals surface area (Å²) in [6, 6.07) is 10.2.